The van der Waals surface area contributed by atoms with E-state index in [2.05, 4.69) is 4.98 Å². The predicted molar refractivity (Wildman–Crippen MR) is 82.8 cm³/mol. The first kappa shape index (κ1) is 15.3. The van der Waals surface area contributed by atoms with E-state index in [0.29, 0.717) is 25.3 Å². The maximum Gasteiger partial charge on any atom is 0.290 e. The zero-order valence-electron chi connectivity index (χ0n) is 13.3. The highest BCUT2D eigenvalue weighted by Gasteiger charge is 2.36. The summed E-state index contributed by atoms with van der Waals surface area (Å²) >= 11 is 0. The number of amides is 2. The summed E-state index contributed by atoms with van der Waals surface area (Å²) in [4.78, 5) is 32.0. The average Bonchev–Trinajstić information content (AvgIpc) is 3.27. The van der Waals surface area contributed by atoms with Crippen molar-refractivity contribution in [3.8, 4) is 0 Å². The van der Waals surface area contributed by atoms with Crippen LogP contribution in [0.15, 0.2) is 35.3 Å². The van der Waals surface area contributed by atoms with Crippen molar-refractivity contribution < 1.29 is 14.0 Å². The molecule has 0 spiro atoms. The van der Waals surface area contributed by atoms with Gasteiger partial charge in [-0.1, -0.05) is 0 Å². The Balaban J connectivity index is 1.72. The molecule has 7 nitrogen and oxygen atoms in total. The smallest absolute Gasteiger partial charge is 0.290 e. The van der Waals surface area contributed by atoms with Crippen LogP contribution in [0, 0.1) is 0 Å². The molecule has 1 atom stereocenters. The summed E-state index contributed by atoms with van der Waals surface area (Å²) in [7, 11) is 3.42. The largest absolute Gasteiger partial charge is 0.454 e. The number of furan rings is 1. The minimum absolute atomic E-state index is 0.0407. The lowest BCUT2D eigenvalue weighted by Gasteiger charge is -2.25. The summed E-state index contributed by atoms with van der Waals surface area (Å²) in [6, 6.07) is 3.07. The number of rotatable bonds is 4. The van der Waals surface area contributed by atoms with Gasteiger partial charge in [-0.25, -0.2) is 4.98 Å². The highest BCUT2D eigenvalue weighted by molar-refractivity contribution is 5.96. The summed E-state index contributed by atoms with van der Waals surface area (Å²) in [5.74, 6) is 0.695. The fourth-order valence-corrected chi connectivity index (χ4v) is 2.84. The van der Waals surface area contributed by atoms with Gasteiger partial charge in [-0.05, 0) is 25.0 Å². The highest BCUT2D eigenvalue weighted by atomic mass is 16.4. The summed E-state index contributed by atoms with van der Waals surface area (Å²) in [5, 5.41) is 0. The van der Waals surface area contributed by atoms with E-state index in [1.807, 2.05) is 10.8 Å². The molecule has 122 valence electrons. The van der Waals surface area contributed by atoms with Crippen molar-refractivity contribution in [3.05, 3.63) is 42.4 Å². The van der Waals surface area contributed by atoms with E-state index in [4.69, 9.17) is 4.42 Å². The van der Waals surface area contributed by atoms with E-state index in [1.54, 1.807) is 43.7 Å². The first-order valence-electron chi connectivity index (χ1n) is 7.63. The van der Waals surface area contributed by atoms with Gasteiger partial charge in [-0.2, -0.15) is 0 Å². The molecule has 0 aliphatic carbocycles. The zero-order valence-corrected chi connectivity index (χ0v) is 13.3. The maximum absolute atomic E-state index is 12.6. The number of hydrogen-bond acceptors (Lipinski definition) is 4. The highest BCUT2D eigenvalue weighted by Crippen LogP contribution is 2.22. The Hall–Kier alpha value is -2.57. The van der Waals surface area contributed by atoms with E-state index >= 15 is 0 Å². The molecule has 1 saturated heterocycles. The van der Waals surface area contributed by atoms with Gasteiger partial charge in [0.15, 0.2) is 5.76 Å². The molecule has 0 saturated carbocycles. The standard InChI is InChI=1S/C16H20N4O3/c1-18(2)15(21)13-4-3-8-20(13)16(22)14-6-5-12(23-14)10-19-9-7-17-11-19/h5-7,9,11,13H,3-4,8,10H2,1-2H3/t13-/m1/s1. The van der Waals surface area contributed by atoms with Gasteiger partial charge in [-0.3, -0.25) is 9.59 Å². The molecule has 23 heavy (non-hydrogen) atoms. The number of nitrogens with zero attached hydrogens (tertiary/aromatic N) is 4. The normalized spacial score (nSPS) is 17.5. The summed E-state index contributed by atoms with van der Waals surface area (Å²) in [6.45, 7) is 1.11. The molecular weight excluding hydrogens is 296 g/mol. The van der Waals surface area contributed by atoms with Crippen molar-refractivity contribution >= 4 is 11.8 Å². The Kier molecular flexibility index (Phi) is 4.18. The number of imidazole rings is 1. The summed E-state index contributed by atoms with van der Waals surface area (Å²) in [5.41, 5.74) is 0. The number of likely N-dealkylation sites (N-methyl/N-ethyl adjacent to an activating group) is 1. The number of likely N-dealkylation sites (tertiary alicyclic amines) is 1. The molecular formula is C16H20N4O3. The molecule has 0 radical (unpaired) electrons. The molecule has 2 amide bonds. The molecule has 0 N–H and O–H groups in total. The summed E-state index contributed by atoms with van der Waals surface area (Å²) < 4.78 is 7.52. The molecule has 3 rings (SSSR count). The van der Waals surface area contributed by atoms with Crippen LogP contribution in [0.3, 0.4) is 0 Å². The SMILES string of the molecule is CN(C)C(=O)[C@H]1CCCN1C(=O)c1ccc(Cn2ccnc2)o1. The minimum atomic E-state index is -0.389. The monoisotopic (exact) mass is 316 g/mol. The lowest BCUT2D eigenvalue weighted by Crippen LogP contribution is -2.45. The quantitative estimate of drug-likeness (QED) is 0.850. The Morgan fingerprint density at radius 2 is 2.22 bits per heavy atom. The molecule has 7 heteroatoms. The second kappa shape index (κ2) is 6.28. The molecule has 1 aliphatic rings. The fraction of sp³-hybridized carbons (Fsp3) is 0.438. The minimum Gasteiger partial charge on any atom is -0.454 e. The van der Waals surface area contributed by atoms with Crippen LogP contribution in [0.25, 0.3) is 0 Å². The van der Waals surface area contributed by atoms with Crippen molar-refractivity contribution in [2.75, 3.05) is 20.6 Å². The second-order valence-electron chi connectivity index (χ2n) is 5.89. The van der Waals surface area contributed by atoms with Gasteiger partial charge in [0.1, 0.15) is 11.8 Å². The number of hydrogen-bond donors (Lipinski definition) is 0. The molecule has 1 fully saturated rings. The number of aromatic nitrogens is 2. The van der Waals surface area contributed by atoms with E-state index in [1.165, 1.54) is 4.90 Å². The lowest BCUT2D eigenvalue weighted by atomic mass is 10.2. The van der Waals surface area contributed by atoms with Gasteiger partial charge < -0.3 is 18.8 Å². The van der Waals surface area contributed by atoms with E-state index in [-0.39, 0.29) is 23.6 Å². The van der Waals surface area contributed by atoms with Crippen LogP contribution >= 0.6 is 0 Å². The van der Waals surface area contributed by atoms with Gasteiger partial charge >= 0.3 is 0 Å². The van der Waals surface area contributed by atoms with Crippen molar-refractivity contribution in [2.45, 2.75) is 25.4 Å². The Morgan fingerprint density at radius 3 is 2.91 bits per heavy atom. The van der Waals surface area contributed by atoms with Crippen molar-refractivity contribution in [2.24, 2.45) is 0 Å². The van der Waals surface area contributed by atoms with Crippen molar-refractivity contribution in [1.29, 1.82) is 0 Å². The first-order valence-corrected chi connectivity index (χ1v) is 7.63. The first-order chi connectivity index (χ1) is 11.1. The van der Waals surface area contributed by atoms with Gasteiger partial charge in [0, 0.05) is 33.0 Å². The third-order valence-corrected chi connectivity index (χ3v) is 4.01. The Labute approximate surface area is 134 Å². The molecule has 2 aromatic heterocycles. The van der Waals surface area contributed by atoms with Crippen LogP contribution < -0.4 is 0 Å². The molecule has 2 aromatic rings. The van der Waals surface area contributed by atoms with Gasteiger partial charge in [-0.15, -0.1) is 0 Å². The number of carbonyl (C=O) groups is 2. The van der Waals surface area contributed by atoms with E-state index < -0.39 is 0 Å². The van der Waals surface area contributed by atoms with Crippen LogP contribution in [-0.2, 0) is 11.3 Å². The Bertz CT molecular complexity index is 690. The Morgan fingerprint density at radius 1 is 1.39 bits per heavy atom. The summed E-state index contributed by atoms with van der Waals surface area (Å²) in [6.07, 6.45) is 6.74. The second-order valence-corrected chi connectivity index (χ2v) is 5.89. The van der Waals surface area contributed by atoms with Gasteiger partial charge in [0.2, 0.25) is 5.91 Å². The third-order valence-electron chi connectivity index (χ3n) is 4.01. The topological polar surface area (TPSA) is 71.6 Å². The molecule has 0 aromatic carbocycles. The van der Waals surface area contributed by atoms with Gasteiger partial charge in [0.05, 0.1) is 12.9 Å². The number of carbonyl (C=O) groups excluding carboxylic acids is 2. The third kappa shape index (κ3) is 3.13. The van der Waals surface area contributed by atoms with Crippen LogP contribution in [0.1, 0.15) is 29.2 Å². The van der Waals surface area contributed by atoms with Gasteiger partial charge in [0.25, 0.3) is 5.91 Å². The van der Waals surface area contributed by atoms with E-state index in [9.17, 15) is 9.59 Å². The molecule has 0 unspecified atom stereocenters. The van der Waals surface area contributed by atoms with Crippen LogP contribution in [0.4, 0.5) is 0 Å². The van der Waals surface area contributed by atoms with Crippen LogP contribution in [0.2, 0.25) is 0 Å². The zero-order chi connectivity index (χ0) is 16.4. The predicted octanol–water partition coefficient (Wildman–Crippen LogP) is 1.22. The maximum atomic E-state index is 12.6. The van der Waals surface area contributed by atoms with Crippen molar-refractivity contribution in [1.82, 2.24) is 19.4 Å². The van der Waals surface area contributed by atoms with Crippen molar-refractivity contribution in [3.63, 3.8) is 0 Å². The molecule has 3 heterocycles. The molecule has 0 bridgehead atoms. The average molecular weight is 316 g/mol. The fourth-order valence-electron chi connectivity index (χ4n) is 2.84. The molecule has 1 aliphatic heterocycles. The van der Waals surface area contributed by atoms with Crippen LogP contribution in [0.5, 0.6) is 0 Å². The van der Waals surface area contributed by atoms with E-state index in [0.717, 1.165) is 6.42 Å². The lowest BCUT2D eigenvalue weighted by molar-refractivity contribution is -0.132. The van der Waals surface area contributed by atoms with Crippen LogP contribution in [-0.4, -0.2) is 57.8 Å².